The monoisotopic (exact) mass is 389 g/mol. The molecule has 3 aromatic rings. The number of amides is 1. The number of nitrogens with zero attached hydrogens (tertiary/aromatic N) is 2. The van der Waals surface area contributed by atoms with Crippen LogP contribution in [0.15, 0.2) is 72.9 Å². The first-order valence-corrected chi connectivity index (χ1v) is 9.48. The topological polar surface area (TPSA) is 62.3 Å². The van der Waals surface area contributed by atoms with Crippen LogP contribution in [0, 0.1) is 5.82 Å². The Kier molecular flexibility index (Phi) is 5.33. The highest BCUT2D eigenvalue weighted by molar-refractivity contribution is 6.15. The second-order valence-corrected chi connectivity index (χ2v) is 6.97. The van der Waals surface area contributed by atoms with Crippen LogP contribution in [0.3, 0.4) is 0 Å². The first-order chi connectivity index (χ1) is 14.1. The molecule has 29 heavy (non-hydrogen) atoms. The molecule has 2 heterocycles. The minimum absolute atomic E-state index is 0.0292. The minimum Gasteiger partial charge on any atom is -0.354 e. The lowest BCUT2D eigenvalue weighted by atomic mass is 9.97. The third-order valence-corrected chi connectivity index (χ3v) is 5.02. The van der Waals surface area contributed by atoms with Gasteiger partial charge in [0.15, 0.2) is 5.78 Å². The molecule has 1 unspecified atom stereocenters. The molecule has 4 rings (SSSR count). The molecular formula is C23H20FN3O2. The molecule has 146 valence electrons. The molecule has 1 saturated heterocycles. The first kappa shape index (κ1) is 18.8. The van der Waals surface area contributed by atoms with Gasteiger partial charge in [-0.25, -0.2) is 9.37 Å². The molecule has 1 atom stereocenters. The Morgan fingerprint density at radius 1 is 0.966 bits per heavy atom. The van der Waals surface area contributed by atoms with Crippen LogP contribution in [0.5, 0.6) is 0 Å². The molecule has 2 aromatic carbocycles. The van der Waals surface area contributed by atoms with Crippen LogP contribution >= 0.6 is 0 Å². The molecule has 1 amide bonds. The summed E-state index contributed by atoms with van der Waals surface area (Å²) in [5, 5.41) is 3.03. The van der Waals surface area contributed by atoms with Crippen LogP contribution in [-0.4, -0.2) is 35.8 Å². The van der Waals surface area contributed by atoms with Gasteiger partial charge in [-0.15, -0.1) is 0 Å². The summed E-state index contributed by atoms with van der Waals surface area (Å²) in [6.45, 7) is 1.47. The Bertz CT molecular complexity index is 1020. The number of pyridine rings is 1. The molecule has 1 fully saturated rings. The fourth-order valence-corrected chi connectivity index (χ4v) is 3.53. The van der Waals surface area contributed by atoms with E-state index in [1.165, 1.54) is 24.3 Å². The van der Waals surface area contributed by atoms with Gasteiger partial charge in [-0.1, -0.05) is 24.3 Å². The average Bonchev–Trinajstić information content (AvgIpc) is 3.23. The first-order valence-electron chi connectivity index (χ1n) is 9.48. The number of aromatic nitrogens is 1. The second-order valence-electron chi connectivity index (χ2n) is 6.97. The largest absolute Gasteiger partial charge is 0.354 e. The number of rotatable bonds is 5. The van der Waals surface area contributed by atoms with Crippen molar-refractivity contribution in [3.05, 3.63) is 95.4 Å². The van der Waals surface area contributed by atoms with Gasteiger partial charge in [-0.05, 0) is 48.9 Å². The Morgan fingerprint density at radius 3 is 2.41 bits per heavy atom. The number of ketones is 1. The van der Waals surface area contributed by atoms with Gasteiger partial charge in [0, 0.05) is 36.5 Å². The van der Waals surface area contributed by atoms with Gasteiger partial charge >= 0.3 is 0 Å². The number of anilines is 1. The molecule has 1 aliphatic rings. The zero-order valence-corrected chi connectivity index (χ0v) is 15.7. The number of halogens is 1. The highest BCUT2D eigenvalue weighted by Crippen LogP contribution is 2.19. The zero-order valence-electron chi connectivity index (χ0n) is 15.7. The number of benzene rings is 2. The van der Waals surface area contributed by atoms with Crippen LogP contribution in [0.2, 0.25) is 0 Å². The SMILES string of the molecule is O=C(NC1CCN(c2ccccn2)C1)c1ccccc1C(=O)c1ccc(F)cc1. The maximum Gasteiger partial charge on any atom is 0.252 e. The molecular weight excluding hydrogens is 369 g/mol. The summed E-state index contributed by atoms with van der Waals surface area (Å²) < 4.78 is 13.2. The zero-order chi connectivity index (χ0) is 20.2. The second kappa shape index (κ2) is 8.22. The van der Waals surface area contributed by atoms with Crippen molar-refractivity contribution in [2.45, 2.75) is 12.5 Å². The van der Waals surface area contributed by atoms with Gasteiger partial charge in [-0.3, -0.25) is 9.59 Å². The normalized spacial score (nSPS) is 15.9. The van der Waals surface area contributed by atoms with Crippen LogP contribution in [-0.2, 0) is 0 Å². The number of hydrogen-bond donors (Lipinski definition) is 1. The number of carbonyl (C=O) groups is 2. The maximum absolute atomic E-state index is 13.2. The molecule has 1 N–H and O–H groups in total. The van der Waals surface area contributed by atoms with Crippen LogP contribution in [0.25, 0.3) is 0 Å². The molecule has 0 saturated carbocycles. The van der Waals surface area contributed by atoms with E-state index in [-0.39, 0.29) is 17.7 Å². The van der Waals surface area contributed by atoms with Crippen molar-refractivity contribution < 1.29 is 14.0 Å². The molecule has 6 heteroatoms. The molecule has 0 spiro atoms. The summed E-state index contributed by atoms with van der Waals surface area (Å²) in [6, 6.07) is 17.7. The van der Waals surface area contributed by atoms with Gasteiger partial charge in [0.1, 0.15) is 11.6 Å². The van der Waals surface area contributed by atoms with Crippen molar-refractivity contribution in [3.63, 3.8) is 0 Å². The van der Waals surface area contributed by atoms with Crippen LogP contribution in [0.1, 0.15) is 32.7 Å². The number of nitrogens with one attached hydrogen (secondary N) is 1. The van der Waals surface area contributed by atoms with E-state index in [4.69, 9.17) is 0 Å². The summed E-state index contributed by atoms with van der Waals surface area (Å²) in [4.78, 5) is 32.2. The third kappa shape index (κ3) is 4.16. The third-order valence-electron chi connectivity index (χ3n) is 5.02. The molecule has 0 bridgehead atoms. The number of carbonyl (C=O) groups excluding carboxylic acids is 2. The Morgan fingerprint density at radius 2 is 1.69 bits per heavy atom. The van der Waals surface area contributed by atoms with Gasteiger partial charge in [-0.2, -0.15) is 0 Å². The van der Waals surface area contributed by atoms with E-state index in [2.05, 4.69) is 15.2 Å². The molecule has 1 aliphatic heterocycles. The predicted octanol–water partition coefficient (Wildman–Crippen LogP) is 3.46. The summed E-state index contributed by atoms with van der Waals surface area (Å²) in [5.74, 6) is -0.122. The van der Waals surface area contributed by atoms with E-state index in [1.54, 1.807) is 30.5 Å². The lowest BCUT2D eigenvalue weighted by molar-refractivity contribution is 0.0930. The van der Waals surface area contributed by atoms with E-state index in [1.807, 2.05) is 18.2 Å². The quantitative estimate of drug-likeness (QED) is 0.679. The van der Waals surface area contributed by atoms with Crippen molar-refractivity contribution in [2.24, 2.45) is 0 Å². The van der Waals surface area contributed by atoms with Gasteiger partial charge in [0.2, 0.25) is 0 Å². The highest BCUT2D eigenvalue weighted by atomic mass is 19.1. The van der Waals surface area contributed by atoms with Crippen LogP contribution in [0.4, 0.5) is 10.2 Å². The van der Waals surface area contributed by atoms with Crippen molar-refractivity contribution >= 4 is 17.5 Å². The Balaban J connectivity index is 1.48. The Hall–Kier alpha value is -3.54. The van der Waals surface area contributed by atoms with Gasteiger partial charge in [0.25, 0.3) is 5.91 Å². The smallest absolute Gasteiger partial charge is 0.252 e. The van der Waals surface area contributed by atoms with Crippen molar-refractivity contribution in [3.8, 4) is 0 Å². The van der Waals surface area contributed by atoms with E-state index < -0.39 is 5.82 Å². The maximum atomic E-state index is 13.2. The van der Waals surface area contributed by atoms with E-state index >= 15 is 0 Å². The summed E-state index contributed by atoms with van der Waals surface area (Å²) in [6.07, 6.45) is 2.55. The summed E-state index contributed by atoms with van der Waals surface area (Å²) >= 11 is 0. The van der Waals surface area contributed by atoms with E-state index in [0.717, 1.165) is 18.8 Å². The van der Waals surface area contributed by atoms with Gasteiger partial charge < -0.3 is 10.2 Å². The fraction of sp³-hybridized carbons (Fsp3) is 0.174. The molecule has 0 radical (unpaired) electrons. The molecule has 1 aromatic heterocycles. The molecule has 5 nitrogen and oxygen atoms in total. The Labute approximate surface area is 168 Å². The lowest BCUT2D eigenvalue weighted by Gasteiger charge is -2.18. The van der Waals surface area contributed by atoms with Crippen molar-refractivity contribution in [1.82, 2.24) is 10.3 Å². The van der Waals surface area contributed by atoms with Gasteiger partial charge in [0.05, 0.1) is 5.56 Å². The summed E-state index contributed by atoms with van der Waals surface area (Å²) in [7, 11) is 0. The fourth-order valence-electron chi connectivity index (χ4n) is 3.53. The average molecular weight is 389 g/mol. The highest BCUT2D eigenvalue weighted by Gasteiger charge is 2.26. The van der Waals surface area contributed by atoms with Crippen molar-refractivity contribution in [2.75, 3.05) is 18.0 Å². The van der Waals surface area contributed by atoms with Crippen molar-refractivity contribution in [1.29, 1.82) is 0 Å². The summed E-state index contributed by atoms with van der Waals surface area (Å²) in [5.41, 5.74) is 0.961. The lowest BCUT2D eigenvalue weighted by Crippen LogP contribution is -2.37. The number of hydrogen-bond acceptors (Lipinski definition) is 4. The molecule has 0 aliphatic carbocycles. The van der Waals surface area contributed by atoms with Crippen LogP contribution < -0.4 is 10.2 Å². The minimum atomic E-state index is -0.411. The standard InChI is InChI=1S/C23H20FN3O2/c24-17-10-8-16(9-11-17)22(28)19-5-1-2-6-20(19)23(29)26-18-12-14-27(15-18)21-7-3-4-13-25-21/h1-11,13,18H,12,14-15H2,(H,26,29). The van der Waals surface area contributed by atoms with E-state index in [9.17, 15) is 14.0 Å². The predicted molar refractivity (Wildman–Crippen MR) is 109 cm³/mol. The van der Waals surface area contributed by atoms with E-state index in [0.29, 0.717) is 23.2 Å².